The number of para-hydroxylation sites is 1. The minimum absolute atomic E-state index is 0.0876. The van der Waals surface area contributed by atoms with E-state index in [2.05, 4.69) is 16.0 Å². The summed E-state index contributed by atoms with van der Waals surface area (Å²) >= 11 is 5.85. The SMILES string of the molecule is CNC(=O)Nc1ccc(NCc2cccc(Cl)c2O)cc1. The molecule has 0 atom stereocenters. The standard InChI is InChI=1S/C15H16ClN3O2/c1-17-15(21)19-12-7-5-11(6-8-12)18-9-10-3-2-4-13(16)14(10)20/h2-8,18,20H,9H2,1H3,(H2,17,19,21). The minimum Gasteiger partial charge on any atom is -0.506 e. The van der Waals surface area contributed by atoms with Gasteiger partial charge < -0.3 is 21.1 Å². The highest BCUT2D eigenvalue weighted by molar-refractivity contribution is 6.32. The van der Waals surface area contributed by atoms with Crippen molar-refractivity contribution >= 4 is 29.0 Å². The molecule has 0 aliphatic carbocycles. The van der Waals surface area contributed by atoms with E-state index in [0.29, 0.717) is 17.3 Å². The van der Waals surface area contributed by atoms with Crippen molar-refractivity contribution < 1.29 is 9.90 Å². The summed E-state index contributed by atoms with van der Waals surface area (Å²) in [5.41, 5.74) is 2.29. The molecule has 0 spiro atoms. The molecule has 0 aromatic heterocycles. The lowest BCUT2D eigenvalue weighted by Crippen LogP contribution is -2.24. The molecule has 0 radical (unpaired) electrons. The number of anilines is 2. The third-order valence-corrected chi connectivity index (χ3v) is 3.23. The second-order valence-corrected chi connectivity index (χ2v) is 4.79. The zero-order chi connectivity index (χ0) is 15.2. The van der Waals surface area contributed by atoms with Gasteiger partial charge in [0, 0.05) is 30.5 Å². The van der Waals surface area contributed by atoms with E-state index < -0.39 is 0 Å². The number of phenols is 1. The minimum atomic E-state index is -0.264. The van der Waals surface area contributed by atoms with Gasteiger partial charge in [-0.2, -0.15) is 0 Å². The van der Waals surface area contributed by atoms with Gasteiger partial charge in [0.15, 0.2) is 0 Å². The summed E-state index contributed by atoms with van der Waals surface area (Å²) in [5.74, 6) is 0.0876. The molecular formula is C15H16ClN3O2. The van der Waals surface area contributed by atoms with Gasteiger partial charge in [0.25, 0.3) is 0 Å². The van der Waals surface area contributed by atoms with Gasteiger partial charge in [-0.3, -0.25) is 0 Å². The summed E-state index contributed by atoms with van der Waals surface area (Å²) in [6.45, 7) is 0.453. The molecule has 0 fully saturated rings. The topological polar surface area (TPSA) is 73.4 Å². The second-order valence-electron chi connectivity index (χ2n) is 4.38. The number of phenolic OH excluding ortho intramolecular Hbond substituents is 1. The van der Waals surface area contributed by atoms with Crippen LogP contribution < -0.4 is 16.0 Å². The average molecular weight is 306 g/mol. The Morgan fingerprint density at radius 3 is 2.48 bits per heavy atom. The van der Waals surface area contributed by atoms with Gasteiger partial charge >= 0.3 is 6.03 Å². The normalized spacial score (nSPS) is 10.0. The van der Waals surface area contributed by atoms with Gasteiger partial charge in [-0.1, -0.05) is 23.7 Å². The maximum atomic E-state index is 11.2. The molecule has 4 N–H and O–H groups in total. The maximum absolute atomic E-state index is 11.2. The van der Waals surface area contributed by atoms with Crippen LogP contribution in [0.5, 0.6) is 5.75 Å². The molecule has 2 amide bonds. The lowest BCUT2D eigenvalue weighted by atomic mass is 10.2. The molecule has 2 aromatic rings. The summed E-state index contributed by atoms with van der Waals surface area (Å²) in [4.78, 5) is 11.2. The number of rotatable bonds is 4. The van der Waals surface area contributed by atoms with Crippen molar-refractivity contribution in [2.45, 2.75) is 6.54 Å². The van der Waals surface area contributed by atoms with E-state index in [0.717, 1.165) is 11.3 Å². The molecule has 0 saturated carbocycles. The van der Waals surface area contributed by atoms with Gasteiger partial charge in [-0.25, -0.2) is 4.79 Å². The third-order valence-electron chi connectivity index (χ3n) is 2.92. The van der Waals surface area contributed by atoms with E-state index in [9.17, 15) is 9.90 Å². The predicted molar refractivity (Wildman–Crippen MR) is 85.0 cm³/mol. The first-order chi connectivity index (χ1) is 10.1. The Labute approximate surface area is 127 Å². The lowest BCUT2D eigenvalue weighted by Gasteiger charge is -2.10. The Kier molecular flexibility index (Phi) is 4.90. The number of nitrogens with one attached hydrogen (secondary N) is 3. The van der Waals surface area contributed by atoms with Crippen LogP contribution in [0.15, 0.2) is 42.5 Å². The smallest absolute Gasteiger partial charge is 0.318 e. The van der Waals surface area contributed by atoms with Crippen molar-refractivity contribution in [2.24, 2.45) is 0 Å². The molecule has 0 aliphatic rings. The zero-order valence-electron chi connectivity index (χ0n) is 11.5. The summed E-state index contributed by atoms with van der Waals surface area (Å²) in [7, 11) is 1.56. The molecule has 0 aliphatic heterocycles. The fourth-order valence-electron chi connectivity index (χ4n) is 1.76. The largest absolute Gasteiger partial charge is 0.506 e. The highest BCUT2D eigenvalue weighted by Crippen LogP contribution is 2.27. The molecule has 2 rings (SSSR count). The van der Waals surface area contributed by atoms with E-state index in [-0.39, 0.29) is 11.8 Å². The van der Waals surface area contributed by atoms with Gasteiger partial charge in [0.05, 0.1) is 5.02 Å². The van der Waals surface area contributed by atoms with Gasteiger partial charge in [-0.15, -0.1) is 0 Å². The van der Waals surface area contributed by atoms with E-state index in [1.165, 1.54) is 0 Å². The van der Waals surface area contributed by atoms with Crippen molar-refractivity contribution in [3.63, 3.8) is 0 Å². The van der Waals surface area contributed by atoms with Crippen molar-refractivity contribution in [3.05, 3.63) is 53.1 Å². The Balaban J connectivity index is 1.97. The van der Waals surface area contributed by atoms with Crippen molar-refractivity contribution in [2.75, 3.05) is 17.7 Å². The molecular weight excluding hydrogens is 290 g/mol. The van der Waals surface area contributed by atoms with Crippen LogP contribution in [-0.2, 0) is 6.54 Å². The summed E-state index contributed by atoms with van der Waals surface area (Å²) in [5, 5.41) is 18.5. The van der Waals surface area contributed by atoms with E-state index in [4.69, 9.17) is 11.6 Å². The molecule has 2 aromatic carbocycles. The van der Waals surface area contributed by atoms with Gasteiger partial charge in [-0.05, 0) is 30.3 Å². The van der Waals surface area contributed by atoms with Crippen molar-refractivity contribution in [3.8, 4) is 5.75 Å². The number of carbonyl (C=O) groups is 1. The van der Waals surface area contributed by atoms with Crippen LogP contribution in [0, 0.1) is 0 Å². The van der Waals surface area contributed by atoms with Gasteiger partial charge in [0.2, 0.25) is 0 Å². The fourth-order valence-corrected chi connectivity index (χ4v) is 1.96. The lowest BCUT2D eigenvalue weighted by molar-refractivity contribution is 0.254. The van der Waals surface area contributed by atoms with Crippen LogP contribution in [0.25, 0.3) is 0 Å². The molecule has 110 valence electrons. The fraction of sp³-hybridized carbons (Fsp3) is 0.133. The molecule has 0 unspecified atom stereocenters. The Morgan fingerprint density at radius 1 is 1.14 bits per heavy atom. The van der Waals surface area contributed by atoms with E-state index in [1.54, 1.807) is 37.4 Å². The van der Waals surface area contributed by atoms with Crippen LogP contribution in [0.2, 0.25) is 5.02 Å². The number of hydrogen-bond donors (Lipinski definition) is 4. The number of aromatic hydroxyl groups is 1. The van der Waals surface area contributed by atoms with Crippen LogP contribution in [0.4, 0.5) is 16.2 Å². The highest BCUT2D eigenvalue weighted by Gasteiger charge is 2.05. The molecule has 0 bridgehead atoms. The quantitative estimate of drug-likeness (QED) is 0.699. The Bertz CT molecular complexity index is 629. The Morgan fingerprint density at radius 2 is 1.81 bits per heavy atom. The Hall–Kier alpha value is -2.40. The third kappa shape index (κ3) is 4.03. The number of hydrogen-bond acceptors (Lipinski definition) is 3. The number of carbonyl (C=O) groups excluding carboxylic acids is 1. The van der Waals surface area contributed by atoms with Crippen molar-refractivity contribution in [1.29, 1.82) is 0 Å². The highest BCUT2D eigenvalue weighted by atomic mass is 35.5. The zero-order valence-corrected chi connectivity index (χ0v) is 12.2. The average Bonchev–Trinajstić information content (AvgIpc) is 2.50. The first kappa shape index (κ1) is 15.0. The first-order valence-electron chi connectivity index (χ1n) is 6.39. The first-order valence-corrected chi connectivity index (χ1v) is 6.77. The van der Waals surface area contributed by atoms with Gasteiger partial charge in [0.1, 0.15) is 5.75 Å². The van der Waals surface area contributed by atoms with Crippen LogP contribution in [0.3, 0.4) is 0 Å². The van der Waals surface area contributed by atoms with Crippen molar-refractivity contribution in [1.82, 2.24) is 5.32 Å². The monoisotopic (exact) mass is 305 g/mol. The molecule has 0 heterocycles. The van der Waals surface area contributed by atoms with E-state index in [1.807, 2.05) is 12.1 Å². The number of benzene rings is 2. The number of urea groups is 1. The number of halogens is 1. The predicted octanol–water partition coefficient (Wildman–Crippen LogP) is 3.41. The molecule has 6 heteroatoms. The maximum Gasteiger partial charge on any atom is 0.318 e. The summed E-state index contributed by atoms with van der Waals surface area (Å²) in [6.07, 6.45) is 0. The molecule has 21 heavy (non-hydrogen) atoms. The summed E-state index contributed by atoms with van der Waals surface area (Å²) < 4.78 is 0. The van der Waals surface area contributed by atoms with E-state index >= 15 is 0 Å². The van der Waals surface area contributed by atoms with Crippen LogP contribution in [-0.4, -0.2) is 18.2 Å². The number of amides is 2. The summed E-state index contributed by atoms with van der Waals surface area (Å²) in [6, 6.07) is 12.2. The molecule has 5 nitrogen and oxygen atoms in total. The second kappa shape index (κ2) is 6.85. The van der Waals surface area contributed by atoms with Crippen LogP contribution >= 0.6 is 11.6 Å². The molecule has 0 saturated heterocycles. The van der Waals surface area contributed by atoms with Crippen LogP contribution in [0.1, 0.15) is 5.56 Å².